The Morgan fingerprint density at radius 3 is 2.79 bits per heavy atom. The van der Waals surface area contributed by atoms with Gasteiger partial charge in [0, 0.05) is 18.7 Å². The fourth-order valence-corrected chi connectivity index (χ4v) is 1.46. The predicted molar refractivity (Wildman–Crippen MR) is 72.4 cm³/mol. The lowest BCUT2D eigenvalue weighted by molar-refractivity contribution is -0.385. The van der Waals surface area contributed by atoms with Gasteiger partial charge in [0.2, 0.25) is 0 Å². The van der Waals surface area contributed by atoms with Crippen molar-refractivity contribution >= 4 is 5.69 Å². The molecule has 6 nitrogen and oxygen atoms in total. The molecule has 0 aromatic heterocycles. The highest BCUT2D eigenvalue weighted by Gasteiger charge is 2.15. The maximum absolute atomic E-state index is 10.8. The monoisotopic (exact) mass is 268 g/mol. The van der Waals surface area contributed by atoms with Crippen molar-refractivity contribution in [2.45, 2.75) is 32.4 Å². The van der Waals surface area contributed by atoms with Crippen molar-refractivity contribution in [1.82, 2.24) is 5.32 Å². The lowest BCUT2D eigenvalue weighted by Crippen LogP contribution is -2.36. The van der Waals surface area contributed by atoms with E-state index in [1.807, 2.05) is 13.8 Å². The van der Waals surface area contributed by atoms with Crippen LogP contribution in [0.25, 0.3) is 0 Å². The van der Waals surface area contributed by atoms with Crippen molar-refractivity contribution in [2.75, 3.05) is 13.2 Å². The van der Waals surface area contributed by atoms with E-state index in [0.717, 1.165) is 6.42 Å². The normalized spacial score (nSPS) is 13.8. The van der Waals surface area contributed by atoms with E-state index in [1.54, 1.807) is 12.1 Å². The van der Waals surface area contributed by atoms with E-state index in [9.17, 15) is 15.2 Å². The third-order valence-corrected chi connectivity index (χ3v) is 2.81. The van der Waals surface area contributed by atoms with E-state index >= 15 is 0 Å². The summed E-state index contributed by atoms with van der Waals surface area (Å²) in [6.45, 7) is 4.49. The molecule has 6 heteroatoms. The Bertz CT molecular complexity index is 411. The summed E-state index contributed by atoms with van der Waals surface area (Å²) in [5, 5.41) is 23.6. The average Bonchev–Trinajstić information content (AvgIpc) is 2.42. The molecule has 0 amide bonds. The summed E-state index contributed by atoms with van der Waals surface area (Å²) in [6.07, 6.45) is 0.270. The summed E-state index contributed by atoms with van der Waals surface area (Å²) in [6, 6.07) is 6.45. The van der Waals surface area contributed by atoms with Gasteiger partial charge in [-0.05, 0) is 19.4 Å². The second-order valence-corrected chi connectivity index (χ2v) is 4.41. The largest absolute Gasteiger partial charge is 0.484 e. The lowest BCUT2D eigenvalue weighted by Gasteiger charge is -2.16. The zero-order valence-corrected chi connectivity index (χ0v) is 11.2. The van der Waals surface area contributed by atoms with Gasteiger partial charge in [0.05, 0.1) is 4.92 Å². The number of para-hydroxylation sites is 2. The van der Waals surface area contributed by atoms with Gasteiger partial charge >= 0.3 is 5.69 Å². The fraction of sp³-hybridized carbons (Fsp3) is 0.538. The summed E-state index contributed by atoms with van der Waals surface area (Å²) in [7, 11) is 0. The van der Waals surface area contributed by atoms with E-state index < -0.39 is 11.0 Å². The minimum absolute atomic E-state index is 0.0221. The summed E-state index contributed by atoms with van der Waals surface area (Å²) in [4.78, 5) is 10.3. The van der Waals surface area contributed by atoms with Crippen molar-refractivity contribution in [3.8, 4) is 5.75 Å². The molecule has 19 heavy (non-hydrogen) atoms. The summed E-state index contributed by atoms with van der Waals surface area (Å²) in [5.74, 6) is 0.176. The average molecular weight is 268 g/mol. The number of nitro groups is 1. The van der Waals surface area contributed by atoms with Crippen molar-refractivity contribution in [1.29, 1.82) is 0 Å². The molecule has 106 valence electrons. The van der Waals surface area contributed by atoms with E-state index in [-0.39, 0.29) is 18.0 Å². The molecule has 1 aromatic carbocycles. The van der Waals surface area contributed by atoms with Gasteiger partial charge in [0.1, 0.15) is 12.7 Å². The Hall–Kier alpha value is -1.66. The van der Waals surface area contributed by atoms with Crippen LogP contribution in [0.15, 0.2) is 24.3 Å². The second kappa shape index (κ2) is 7.70. The Labute approximate surface area is 112 Å². The van der Waals surface area contributed by atoms with E-state index in [4.69, 9.17) is 4.74 Å². The van der Waals surface area contributed by atoms with E-state index in [1.165, 1.54) is 12.1 Å². The molecule has 1 aromatic rings. The first kappa shape index (κ1) is 15.4. The summed E-state index contributed by atoms with van der Waals surface area (Å²) >= 11 is 0. The number of ether oxygens (including phenoxy) is 1. The van der Waals surface area contributed by atoms with Gasteiger partial charge in [-0.25, -0.2) is 0 Å². The number of nitro benzene ring substituents is 1. The first-order valence-corrected chi connectivity index (χ1v) is 6.32. The molecule has 0 saturated heterocycles. The SMILES string of the molecule is CC[C@H](C)NC[C@H](O)COc1ccccc1[N+](=O)[O-]. The zero-order chi connectivity index (χ0) is 14.3. The van der Waals surface area contributed by atoms with Crippen molar-refractivity contribution in [3.63, 3.8) is 0 Å². The molecule has 2 N–H and O–H groups in total. The molecule has 0 aliphatic rings. The number of benzene rings is 1. The zero-order valence-electron chi connectivity index (χ0n) is 11.2. The van der Waals surface area contributed by atoms with Crippen molar-refractivity contribution in [3.05, 3.63) is 34.4 Å². The van der Waals surface area contributed by atoms with Crippen LogP contribution in [0, 0.1) is 10.1 Å². The molecule has 0 aliphatic carbocycles. The molecule has 0 radical (unpaired) electrons. The maximum Gasteiger partial charge on any atom is 0.310 e. The van der Waals surface area contributed by atoms with Gasteiger partial charge in [-0.2, -0.15) is 0 Å². The number of aliphatic hydroxyl groups is 1. The number of hydrogen-bond donors (Lipinski definition) is 2. The van der Waals surface area contributed by atoms with Crippen molar-refractivity contribution in [2.24, 2.45) is 0 Å². The highest BCUT2D eigenvalue weighted by atomic mass is 16.6. The van der Waals surface area contributed by atoms with Gasteiger partial charge in [0.15, 0.2) is 5.75 Å². The first-order chi connectivity index (χ1) is 9.04. The molecule has 0 saturated carbocycles. The molecule has 2 atom stereocenters. The van der Waals surface area contributed by atoms with Crippen LogP contribution < -0.4 is 10.1 Å². The molecule has 0 spiro atoms. The Kier molecular flexibility index (Phi) is 6.24. The first-order valence-electron chi connectivity index (χ1n) is 6.32. The molecular weight excluding hydrogens is 248 g/mol. The van der Waals surface area contributed by atoms with E-state index in [0.29, 0.717) is 12.6 Å². The Morgan fingerprint density at radius 1 is 1.47 bits per heavy atom. The molecule has 0 unspecified atom stereocenters. The van der Waals surface area contributed by atoms with Crippen LogP contribution in [0.3, 0.4) is 0 Å². The quantitative estimate of drug-likeness (QED) is 0.554. The van der Waals surface area contributed by atoms with Gasteiger partial charge in [0.25, 0.3) is 0 Å². The van der Waals surface area contributed by atoms with Crippen LogP contribution in [-0.2, 0) is 0 Å². The minimum Gasteiger partial charge on any atom is -0.484 e. The summed E-state index contributed by atoms with van der Waals surface area (Å²) in [5.41, 5.74) is -0.0930. The van der Waals surface area contributed by atoms with Crippen LogP contribution in [0.1, 0.15) is 20.3 Å². The van der Waals surface area contributed by atoms with Gasteiger partial charge in [-0.1, -0.05) is 19.1 Å². The Balaban J connectivity index is 2.46. The molecule has 0 bridgehead atoms. The fourth-order valence-electron chi connectivity index (χ4n) is 1.46. The van der Waals surface area contributed by atoms with Gasteiger partial charge in [-0.3, -0.25) is 10.1 Å². The van der Waals surface area contributed by atoms with Crippen LogP contribution in [0.2, 0.25) is 0 Å². The standard InChI is InChI=1S/C13H20N2O4/c1-3-10(2)14-8-11(16)9-19-13-7-5-4-6-12(13)15(17)18/h4-7,10-11,14,16H,3,8-9H2,1-2H3/t10-,11-/m0/s1. The molecule has 0 aliphatic heterocycles. The van der Waals surface area contributed by atoms with Gasteiger partial charge in [-0.15, -0.1) is 0 Å². The molecule has 1 rings (SSSR count). The summed E-state index contributed by atoms with van der Waals surface area (Å²) < 4.78 is 5.29. The smallest absolute Gasteiger partial charge is 0.310 e. The van der Waals surface area contributed by atoms with Crippen LogP contribution in [-0.4, -0.2) is 35.3 Å². The maximum atomic E-state index is 10.8. The third kappa shape index (κ3) is 5.23. The highest BCUT2D eigenvalue weighted by Crippen LogP contribution is 2.25. The Morgan fingerprint density at radius 2 is 2.16 bits per heavy atom. The lowest BCUT2D eigenvalue weighted by atomic mass is 10.2. The van der Waals surface area contributed by atoms with Crippen LogP contribution in [0.5, 0.6) is 5.75 Å². The number of hydrogen-bond acceptors (Lipinski definition) is 5. The number of rotatable bonds is 8. The van der Waals surface area contributed by atoms with Crippen molar-refractivity contribution < 1.29 is 14.8 Å². The predicted octanol–water partition coefficient (Wildman–Crippen LogP) is 1.72. The number of nitrogens with zero attached hydrogens (tertiary/aromatic N) is 1. The van der Waals surface area contributed by atoms with Crippen LogP contribution in [0.4, 0.5) is 5.69 Å². The topological polar surface area (TPSA) is 84.6 Å². The molecule has 0 fully saturated rings. The number of nitrogens with one attached hydrogen (secondary N) is 1. The molecule has 0 heterocycles. The number of aliphatic hydroxyl groups excluding tert-OH is 1. The van der Waals surface area contributed by atoms with Crippen LogP contribution >= 0.6 is 0 Å². The molecular formula is C13H20N2O4. The highest BCUT2D eigenvalue weighted by molar-refractivity contribution is 5.45. The minimum atomic E-state index is -0.700. The third-order valence-electron chi connectivity index (χ3n) is 2.81. The van der Waals surface area contributed by atoms with Gasteiger partial charge < -0.3 is 15.2 Å². The second-order valence-electron chi connectivity index (χ2n) is 4.41. The van der Waals surface area contributed by atoms with E-state index in [2.05, 4.69) is 5.32 Å².